The van der Waals surface area contributed by atoms with E-state index in [1.54, 1.807) is 33.1 Å². The molecule has 0 aliphatic carbocycles. The third-order valence-electron chi connectivity index (χ3n) is 3.39. The fourth-order valence-electron chi connectivity index (χ4n) is 2.26. The Kier molecular flexibility index (Phi) is 3.27. The Labute approximate surface area is 135 Å². The van der Waals surface area contributed by atoms with Crippen molar-refractivity contribution in [2.24, 2.45) is 12.2 Å². The van der Waals surface area contributed by atoms with Crippen LogP contribution in [0, 0.1) is 0 Å². The number of thiophene rings is 1. The maximum Gasteiger partial charge on any atom is 0.192 e. The van der Waals surface area contributed by atoms with Gasteiger partial charge in [-0.2, -0.15) is 5.10 Å². The van der Waals surface area contributed by atoms with E-state index >= 15 is 0 Å². The topological polar surface area (TPSA) is 82.5 Å². The summed E-state index contributed by atoms with van der Waals surface area (Å²) >= 11 is 1.62. The van der Waals surface area contributed by atoms with E-state index in [9.17, 15) is 0 Å². The van der Waals surface area contributed by atoms with E-state index in [4.69, 9.17) is 4.84 Å². The van der Waals surface area contributed by atoms with Gasteiger partial charge in [-0.05, 0) is 18.4 Å². The van der Waals surface area contributed by atoms with Crippen molar-refractivity contribution >= 4 is 33.7 Å². The number of rotatable bonds is 4. The van der Waals surface area contributed by atoms with E-state index in [1.165, 1.54) is 0 Å². The predicted octanol–water partition coefficient (Wildman–Crippen LogP) is 2.01. The lowest BCUT2D eigenvalue weighted by molar-refractivity contribution is 0.125. The zero-order valence-corrected chi connectivity index (χ0v) is 13.4. The molecule has 0 saturated carbocycles. The minimum atomic E-state index is 0.201. The van der Waals surface area contributed by atoms with E-state index in [2.05, 4.69) is 25.3 Å². The standard InChI is InChI=1S/C14H13N7OS/c1-9(11-4-3-5-23-11)19-22-7-12-17-14-10-6-16-20(2)13(10)15-8-21(14)18-12/h3-6,8H,7H2,1-2H3/b19-9+. The molecule has 0 aromatic carbocycles. The average Bonchev–Trinajstić information content (AvgIpc) is 3.25. The maximum atomic E-state index is 5.37. The number of aromatic nitrogens is 6. The maximum absolute atomic E-state index is 5.37. The van der Waals surface area contributed by atoms with Gasteiger partial charge in [-0.25, -0.2) is 14.5 Å². The minimum absolute atomic E-state index is 0.201. The van der Waals surface area contributed by atoms with Gasteiger partial charge in [0.2, 0.25) is 0 Å². The van der Waals surface area contributed by atoms with Gasteiger partial charge in [0.25, 0.3) is 0 Å². The Balaban J connectivity index is 1.58. The minimum Gasteiger partial charge on any atom is -0.387 e. The molecule has 4 aromatic heterocycles. The van der Waals surface area contributed by atoms with E-state index < -0.39 is 0 Å². The highest BCUT2D eigenvalue weighted by Gasteiger charge is 2.11. The van der Waals surface area contributed by atoms with Gasteiger partial charge in [-0.15, -0.1) is 16.4 Å². The molecular weight excluding hydrogens is 314 g/mol. The first-order chi connectivity index (χ1) is 11.2. The SMILES string of the molecule is C/C(=N\OCc1nc2c3cnn(C)c3ncn2n1)c1cccs1. The fraction of sp³-hybridized carbons (Fsp3) is 0.214. The predicted molar refractivity (Wildman–Crippen MR) is 86.4 cm³/mol. The largest absolute Gasteiger partial charge is 0.387 e. The summed E-state index contributed by atoms with van der Waals surface area (Å²) in [6.07, 6.45) is 3.35. The van der Waals surface area contributed by atoms with Crippen molar-refractivity contribution in [3.63, 3.8) is 0 Å². The highest BCUT2D eigenvalue weighted by atomic mass is 32.1. The molecule has 116 valence electrons. The van der Waals surface area contributed by atoms with Gasteiger partial charge in [0, 0.05) is 7.05 Å². The van der Waals surface area contributed by atoms with E-state index in [-0.39, 0.29) is 6.61 Å². The fourth-order valence-corrected chi connectivity index (χ4v) is 2.93. The van der Waals surface area contributed by atoms with Crippen LogP contribution in [-0.4, -0.2) is 35.1 Å². The van der Waals surface area contributed by atoms with Crippen LogP contribution >= 0.6 is 11.3 Å². The van der Waals surface area contributed by atoms with Crippen LogP contribution in [-0.2, 0) is 18.5 Å². The monoisotopic (exact) mass is 327 g/mol. The molecule has 0 unspecified atom stereocenters. The lowest BCUT2D eigenvalue weighted by Gasteiger charge is -1.97. The molecule has 0 N–H and O–H groups in total. The first kappa shape index (κ1) is 13.8. The van der Waals surface area contributed by atoms with Gasteiger partial charge in [0.15, 0.2) is 23.7 Å². The zero-order chi connectivity index (χ0) is 15.8. The number of fused-ring (bicyclic) bond motifs is 3. The van der Waals surface area contributed by atoms with Gasteiger partial charge in [-0.1, -0.05) is 11.2 Å². The summed E-state index contributed by atoms with van der Waals surface area (Å²) in [5.41, 5.74) is 2.31. The Hall–Kier alpha value is -2.81. The summed E-state index contributed by atoms with van der Waals surface area (Å²) in [5, 5.41) is 15.5. The van der Waals surface area contributed by atoms with Crippen LogP contribution in [0.4, 0.5) is 0 Å². The molecule has 0 spiro atoms. The van der Waals surface area contributed by atoms with Crippen molar-refractivity contribution in [1.29, 1.82) is 0 Å². The van der Waals surface area contributed by atoms with Crippen molar-refractivity contribution in [2.75, 3.05) is 0 Å². The Morgan fingerprint density at radius 1 is 1.39 bits per heavy atom. The average molecular weight is 327 g/mol. The first-order valence-corrected chi connectivity index (χ1v) is 7.83. The Bertz CT molecular complexity index is 999. The molecule has 0 saturated heterocycles. The molecule has 4 heterocycles. The van der Waals surface area contributed by atoms with Crippen LogP contribution in [0.5, 0.6) is 0 Å². The van der Waals surface area contributed by atoms with Crippen molar-refractivity contribution in [2.45, 2.75) is 13.5 Å². The summed E-state index contributed by atoms with van der Waals surface area (Å²) in [5.74, 6) is 0.547. The van der Waals surface area contributed by atoms with Crippen LogP contribution in [0.1, 0.15) is 17.6 Å². The summed E-state index contributed by atoms with van der Waals surface area (Å²) in [6.45, 7) is 2.11. The van der Waals surface area contributed by atoms with Crippen LogP contribution < -0.4 is 0 Å². The third-order valence-corrected chi connectivity index (χ3v) is 4.36. The lowest BCUT2D eigenvalue weighted by atomic mass is 10.3. The molecular formula is C14H13N7OS. The number of nitrogens with zero attached hydrogens (tertiary/aromatic N) is 7. The number of oxime groups is 1. The van der Waals surface area contributed by atoms with Crippen LogP contribution in [0.2, 0.25) is 0 Å². The van der Waals surface area contributed by atoms with Gasteiger partial charge in [-0.3, -0.25) is 4.68 Å². The lowest BCUT2D eigenvalue weighted by Crippen LogP contribution is -1.96. The van der Waals surface area contributed by atoms with Crippen LogP contribution in [0.3, 0.4) is 0 Å². The van der Waals surface area contributed by atoms with Crippen molar-refractivity contribution in [1.82, 2.24) is 29.4 Å². The smallest absolute Gasteiger partial charge is 0.192 e. The number of hydrogen-bond acceptors (Lipinski definition) is 7. The molecule has 0 bridgehead atoms. The summed E-state index contributed by atoms with van der Waals surface area (Å²) < 4.78 is 3.33. The molecule has 0 atom stereocenters. The molecule has 0 amide bonds. The molecule has 0 aliphatic rings. The second-order valence-electron chi connectivity index (χ2n) is 4.97. The molecule has 0 fully saturated rings. The van der Waals surface area contributed by atoms with Gasteiger partial charge < -0.3 is 4.84 Å². The molecule has 0 radical (unpaired) electrons. The Morgan fingerprint density at radius 3 is 3.13 bits per heavy atom. The van der Waals surface area contributed by atoms with Crippen molar-refractivity contribution < 1.29 is 4.84 Å². The second kappa shape index (κ2) is 5.43. The molecule has 4 rings (SSSR count). The summed E-state index contributed by atoms with van der Waals surface area (Å²) in [6, 6.07) is 3.98. The summed E-state index contributed by atoms with van der Waals surface area (Å²) in [7, 11) is 1.84. The number of hydrogen-bond donors (Lipinski definition) is 0. The van der Waals surface area contributed by atoms with E-state index in [0.717, 1.165) is 21.6 Å². The van der Waals surface area contributed by atoms with E-state index in [1.807, 2.05) is 31.5 Å². The van der Waals surface area contributed by atoms with Crippen molar-refractivity contribution in [3.8, 4) is 0 Å². The van der Waals surface area contributed by atoms with E-state index in [0.29, 0.717) is 11.5 Å². The highest BCUT2D eigenvalue weighted by molar-refractivity contribution is 7.12. The Morgan fingerprint density at radius 2 is 2.30 bits per heavy atom. The molecule has 9 heteroatoms. The quantitative estimate of drug-likeness (QED) is 0.423. The number of aryl methyl sites for hydroxylation is 1. The summed E-state index contributed by atoms with van der Waals surface area (Å²) in [4.78, 5) is 15.2. The van der Waals surface area contributed by atoms with Gasteiger partial charge in [0.05, 0.1) is 22.2 Å². The van der Waals surface area contributed by atoms with Gasteiger partial charge in [0.1, 0.15) is 6.33 Å². The third kappa shape index (κ3) is 2.44. The molecule has 0 aliphatic heterocycles. The first-order valence-electron chi connectivity index (χ1n) is 6.95. The molecule has 23 heavy (non-hydrogen) atoms. The molecule has 8 nitrogen and oxygen atoms in total. The zero-order valence-electron chi connectivity index (χ0n) is 12.5. The second-order valence-corrected chi connectivity index (χ2v) is 5.92. The van der Waals surface area contributed by atoms with Gasteiger partial charge >= 0.3 is 0 Å². The van der Waals surface area contributed by atoms with Crippen LogP contribution in [0.25, 0.3) is 16.7 Å². The highest BCUT2D eigenvalue weighted by Crippen LogP contribution is 2.15. The van der Waals surface area contributed by atoms with Crippen molar-refractivity contribution in [3.05, 3.63) is 40.7 Å². The van der Waals surface area contributed by atoms with Crippen LogP contribution in [0.15, 0.2) is 35.2 Å². The molecule has 4 aromatic rings. The normalized spacial score (nSPS) is 12.3.